The van der Waals surface area contributed by atoms with E-state index in [1.165, 1.54) is 19.3 Å². The van der Waals surface area contributed by atoms with Crippen molar-refractivity contribution in [3.8, 4) is 11.3 Å². The van der Waals surface area contributed by atoms with Gasteiger partial charge in [0.1, 0.15) is 0 Å². The van der Waals surface area contributed by atoms with Crippen LogP contribution in [-0.2, 0) is 4.79 Å². The summed E-state index contributed by atoms with van der Waals surface area (Å²) in [7, 11) is 0. The molecule has 2 atom stereocenters. The highest BCUT2D eigenvalue weighted by atomic mass is 35.5. The van der Waals surface area contributed by atoms with Crippen molar-refractivity contribution in [2.24, 2.45) is 23.5 Å². The maximum Gasteiger partial charge on any atom is 0.227 e. The fourth-order valence-corrected chi connectivity index (χ4v) is 4.43. The maximum absolute atomic E-state index is 12.7. The number of carbonyl (C=O) groups is 1. The first kappa shape index (κ1) is 18.0. The Morgan fingerprint density at radius 3 is 2.64 bits per heavy atom. The molecule has 2 bridgehead atoms. The van der Waals surface area contributed by atoms with Gasteiger partial charge in [0.2, 0.25) is 5.91 Å². The number of H-pyrrole nitrogens is 1. The number of aromatic nitrogens is 2. The van der Waals surface area contributed by atoms with Crippen LogP contribution in [0.15, 0.2) is 36.5 Å². The fourth-order valence-electron chi connectivity index (χ4n) is 4.43. The van der Waals surface area contributed by atoms with Crippen LogP contribution in [0.4, 0.5) is 5.69 Å². The number of hydrogen-bond donors (Lipinski definition) is 3. The predicted octanol–water partition coefficient (Wildman–Crippen LogP) is 3.59. The van der Waals surface area contributed by atoms with Crippen LogP contribution in [0.1, 0.15) is 32.1 Å². The summed E-state index contributed by atoms with van der Waals surface area (Å²) in [4.78, 5) is 12.7. The van der Waals surface area contributed by atoms with Gasteiger partial charge < -0.3 is 11.1 Å². The smallest absolute Gasteiger partial charge is 0.227 e. The minimum atomic E-state index is 0. The molecule has 4 rings (SSSR count). The van der Waals surface area contributed by atoms with E-state index in [0.29, 0.717) is 17.9 Å². The van der Waals surface area contributed by atoms with Crippen molar-refractivity contribution < 1.29 is 4.79 Å². The van der Waals surface area contributed by atoms with Crippen LogP contribution in [0.5, 0.6) is 0 Å². The molecule has 1 amide bonds. The van der Waals surface area contributed by atoms with Crippen LogP contribution < -0.4 is 11.1 Å². The van der Waals surface area contributed by atoms with Crippen molar-refractivity contribution in [2.45, 2.75) is 38.1 Å². The van der Waals surface area contributed by atoms with E-state index in [1.54, 1.807) is 6.20 Å². The molecule has 2 aromatic rings. The Morgan fingerprint density at radius 2 is 1.96 bits per heavy atom. The first-order valence-electron chi connectivity index (χ1n) is 8.87. The predicted molar refractivity (Wildman–Crippen MR) is 101 cm³/mol. The summed E-state index contributed by atoms with van der Waals surface area (Å²) in [5.41, 5.74) is 9.14. The number of rotatable bonds is 3. The van der Waals surface area contributed by atoms with E-state index in [2.05, 4.69) is 15.5 Å². The van der Waals surface area contributed by atoms with Gasteiger partial charge in [0.25, 0.3) is 0 Å². The molecule has 0 spiro atoms. The molecule has 0 saturated heterocycles. The van der Waals surface area contributed by atoms with E-state index in [4.69, 9.17) is 5.73 Å². The quantitative estimate of drug-likeness (QED) is 0.782. The van der Waals surface area contributed by atoms with Crippen LogP contribution in [0, 0.1) is 17.8 Å². The molecular weight excluding hydrogens is 336 g/mol. The summed E-state index contributed by atoms with van der Waals surface area (Å²) in [5, 5.41) is 10.0. The highest BCUT2D eigenvalue weighted by molar-refractivity contribution is 5.93. The highest BCUT2D eigenvalue weighted by Crippen LogP contribution is 2.42. The number of nitrogens with zero attached hydrogens (tertiary/aromatic N) is 1. The maximum atomic E-state index is 12.7. The van der Waals surface area contributed by atoms with E-state index < -0.39 is 0 Å². The lowest BCUT2D eigenvalue weighted by molar-refractivity contribution is -0.122. The molecule has 2 unspecified atom stereocenters. The van der Waals surface area contributed by atoms with Crippen LogP contribution >= 0.6 is 12.4 Å². The van der Waals surface area contributed by atoms with E-state index in [0.717, 1.165) is 29.8 Å². The fraction of sp³-hybridized carbons (Fsp3) is 0.474. The van der Waals surface area contributed by atoms with E-state index in [1.807, 2.05) is 30.3 Å². The van der Waals surface area contributed by atoms with Gasteiger partial charge in [-0.2, -0.15) is 5.10 Å². The van der Waals surface area contributed by atoms with Crippen LogP contribution in [0.2, 0.25) is 0 Å². The minimum Gasteiger partial charge on any atom is -0.327 e. The summed E-state index contributed by atoms with van der Waals surface area (Å²) in [6, 6.07) is 10.1. The Labute approximate surface area is 154 Å². The van der Waals surface area contributed by atoms with Gasteiger partial charge in [-0.3, -0.25) is 9.89 Å². The zero-order valence-electron chi connectivity index (χ0n) is 14.2. The number of anilines is 1. The number of fused-ring (bicyclic) bond motifs is 2. The number of halogens is 1. The summed E-state index contributed by atoms with van der Waals surface area (Å²) in [6.45, 7) is 0. The van der Waals surface area contributed by atoms with Crippen molar-refractivity contribution in [1.29, 1.82) is 0 Å². The third kappa shape index (κ3) is 3.72. The molecule has 1 heterocycles. The average Bonchev–Trinajstić information content (AvgIpc) is 3.09. The third-order valence-corrected chi connectivity index (χ3v) is 5.73. The number of nitrogens with one attached hydrogen (secondary N) is 2. The standard InChI is InChI=1S/C19H24N4O.ClH/c20-18-13-4-1-5-14(18)10-15(9-13)19(24)22-16-6-2-3-12(11-16)17-7-8-21-23-17;/h2-3,6-8,11,13-15,18H,1,4-5,9-10,20H2,(H,21,23)(H,22,24);1H. The second-order valence-corrected chi connectivity index (χ2v) is 7.24. The van der Waals surface area contributed by atoms with Gasteiger partial charge in [-0.15, -0.1) is 12.4 Å². The topological polar surface area (TPSA) is 83.8 Å². The van der Waals surface area contributed by atoms with Crippen molar-refractivity contribution >= 4 is 24.0 Å². The van der Waals surface area contributed by atoms with Crippen molar-refractivity contribution in [3.63, 3.8) is 0 Å². The van der Waals surface area contributed by atoms with Gasteiger partial charge in [-0.25, -0.2) is 0 Å². The molecule has 1 aromatic carbocycles. The van der Waals surface area contributed by atoms with Crippen molar-refractivity contribution in [3.05, 3.63) is 36.5 Å². The second-order valence-electron chi connectivity index (χ2n) is 7.24. The molecule has 2 aliphatic rings. The Bertz CT molecular complexity index is 704. The number of hydrogen-bond acceptors (Lipinski definition) is 3. The van der Waals surface area contributed by atoms with Crippen LogP contribution in [-0.4, -0.2) is 22.1 Å². The first-order chi connectivity index (χ1) is 11.7. The Kier molecular flexibility index (Phi) is 5.45. The largest absolute Gasteiger partial charge is 0.327 e. The zero-order chi connectivity index (χ0) is 16.5. The molecule has 6 heteroatoms. The SMILES string of the molecule is Cl.NC1C2CCCC1CC(C(=O)Nc1cccc(-c3ccn[nH]3)c1)C2. The van der Waals surface area contributed by atoms with Crippen LogP contribution in [0.25, 0.3) is 11.3 Å². The lowest BCUT2D eigenvalue weighted by Crippen LogP contribution is -2.48. The normalized spacial score (nSPS) is 28.0. The van der Waals surface area contributed by atoms with Gasteiger partial charge in [0.15, 0.2) is 0 Å². The average molecular weight is 361 g/mol. The van der Waals surface area contributed by atoms with E-state index in [-0.39, 0.29) is 24.2 Å². The molecule has 2 saturated carbocycles. The number of benzene rings is 1. The molecule has 4 N–H and O–H groups in total. The van der Waals surface area contributed by atoms with Gasteiger partial charge in [-0.1, -0.05) is 18.6 Å². The number of amides is 1. The van der Waals surface area contributed by atoms with E-state index in [9.17, 15) is 4.79 Å². The third-order valence-electron chi connectivity index (χ3n) is 5.73. The monoisotopic (exact) mass is 360 g/mol. The molecule has 2 fully saturated rings. The van der Waals surface area contributed by atoms with Crippen molar-refractivity contribution in [2.75, 3.05) is 5.32 Å². The summed E-state index contributed by atoms with van der Waals surface area (Å²) in [6.07, 6.45) is 7.22. The summed E-state index contributed by atoms with van der Waals surface area (Å²) < 4.78 is 0. The van der Waals surface area contributed by atoms with Gasteiger partial charge in [-0.05, 0) is 55.7 Å². The molecular formula is C19H25ClN4O. The molecule has 25 heavy (non-hydrogen) atoms. The summed E-state index contributed by atoms with van der Waals surface area (Å²) in [5.74, 6) is 1.27. The van der Waals surface area contributed by atoms with Gasteiger partial charge in [0.05, 0.1) is 5.69 Å². The molecule has 134 valence electrons. The van der Waals surface area contributed by atoms with Crippen molar-refractivity contribution in [1.82, 2.24) is 10.2 Å². The number of aromatic amines is 1. The molecule has 5 nitrogen and oxygen atoms in total. The van der Waals surface area contributed by atoms with Crippen LogP contribution in [0.3, 0.4) is 0 Å². The Hall–Kier alpha value is -1.85. The first-order valence-corrected chi connectivity index (χ1v) is 8.87. The van der Waals surface area contributed by atoms with E-state index >= 15 is 0 Å². The lowest BCUT2D eigenvalue weighted by atomic mass is 9.65. The second kappa shape index (κ2) is 7.58. The van der Waals surface area contributed by atoms with Gasteiger partial charge >= 0.3 is 0 Å². The molecule has 2 aliphatic carbocycles. The molecule has 0 aliphatic heterocycles. The Morgan fingerprint density at radius 1 is 1.20 bits per heavy atom. The minimum absolute atomic E-state index is 0. The Balaban J connectivity index is 0.00000182. The molecule has 0 radical (unpaired) electrons. The van der Waals surface area contributed by atoms with Gasteiger partial charge in [0, 0.05) is 29.4 Å². The number of nitrogens with two attached hydrogens (primary N) is 1. The zero-order valence-corrected chi connectivity index (χ0v) is 15.0. The summed E-state index contributed by atoms with van der Waals surface area (Å²) >= 11 is 0. The number of carbonyl (C=O) groups excluding carboxylic acids is 1. The molecule has 1 aromatic heterocycles. The highest BCUT2D eigenvalue weighted by Gasteiger charge is 2.40. The lowest BCUT2D eigenvalue weighted by Gasteiger charge is -2.43.